The molecule has 0 bridgehead atoms. The third-order valence-corrected chi connectivity index (χ3v) is 5.31. The Hall–Kier alpha value is -3.28. The maximum absolute atomic E-state index is 12.6. The number of nitrogens with zero attached hydrogens (tertiary/aromatic N) is 1. The van der Waals surface area contributed by atoms with Crippen LogP contribution in [0.1, 0.15) is 28.8 Å². The summed E-state index contributed by atoms with van der Waals surface area (Å²) in [5.41, 5.74) is 3.45. The fourth-order valence-corrected chi connectivity index (χ4v) is 3.65. The van der Waals surface area contributed by atoms with E-state index in [1.165, 1.54) is 0 Å². The predicted octanol–water partition coefficient (Wildman–Crippen LogP) is 3.90. The van der Waals surface area contributed by atoms with Crippen LogP contribution in [0.5, 0.6) is 0 Å². The SMILES string of the molecule is Cc1ccccc1C(=O)NC1CCN(C(=O)Nc2ccc3cc[nH]c3c2)CC1. The Kier molecular flexibility index (Phi) is 5.02. The number of likely N-dealkylation sites (tertiary alicyclic amines) is 1. The van der Waals surface area contributed by atoms with Gasteiger partial charge in [-0.3, -0.25) is 4.79 Å². The van der Waals surface area contributed by atoms with Crippen molar-refractivity contribution in [1.29, 1.82) is 0 Å². The van der Waals surface area contributed by atoms with Gasteiger partial charge in [0.25, 0.3) is 5.91 Å². The zero-order valence-corrected chi connectivity index (χ0v) is 15.9. The van der Waals surface area contributed by atoms with Crippen LogP contribution in [0.25, 0.3) is 10.9 Å². The second kappa shape index (κ2) is 7.76. The van der Waals surface area contributed by atoms with Gasteiger partial charge in [0.15, 0.2) is 0 Å². The first-order chi connectivity index (χ1) is 13.6. The highest BCUT2D eigenvalue weighted by molar-refractivity contribution is 5.96. The average Bonchev–Trinajstić information content (AvgIpc) is 3.16. The lowest BCUT2D eigenvalue weighted by Gasteiger charge is -2.32. The summed E-state index contributed by atoms with van der Waals surface area (Å²) in [4.78, 5) is 30.0. The molecule has 6 heteroatoms. The number of aromatic amines is 1. The van der Waals surface area contributed by atoms with Crippen molar-refractivity contribution >= 4 is 28.5 Å². The maximum Gasteiger partial charge on any atom is 0.321 e. The molecule has 0 unspecified atom stereocenters. The number of nitrogens with one attached hydrogen (secondary N) is 3. The van der Waals surface area contributed by atoms with E-state index in [9.17, 15) is 9.59 Å². The number of hydrogen-bond acceptors (Lipinski definition) is 2. The number of aryl methyl sites for hydroxylation is 1. The molecule has 28 heavy (non-hydrogen) atoms. The average molecular weight is 376 g/mol. The number of rotatable bonds is 3. The molecule has 1 saturated heterocycles. The van der Waals surface area contributed by atoms with Crippen molar-refractivity contribution in [3.05, 3.63) is 65.9 Å². The van der Waals surface area contributed by atoms with Crippen molar-refractivity contribution in [3.63, 3.8) is 0 Å². The van der Waals surface area contributed by atoms with Gasteiger partial charge in [0.2, 0.25) is 0 Å². The summed E-state index contributed by atoms with van der Waals surface area (Å²) in [7, 11) is 0. The summed E-state index contributed by atoms with van der Waals surface area (Å²) in [6.45, 7) is 3.18. The summed E-state index contributed by atoms with van der Waals surface area (Å²) in [5.74, 6) is -0.0414. The minimum absolute atomic E-state index is 0.0414. The van der Waals surface area contributed by atoms with Gasteiger partial charge in [-0.1, -0.05) is 24.3 Å². The van der Waals surface area contributed by atoms with Crippen LogP contribution in [0.15, 0.2) is 54.7 Å². The van der Waals surface area contributed by atoms with Crippen LogP contribution in [-0.4, -0.2) is 41.0 Å². The van der Waals surface area contributed by atoms with Crippen molar-refractivity contribution in [3.8, 4) is 0 Å². The number of piperidine rings is 1. The van der Waals surface area contributed by atoms with Gasteiger partial charge in [0.05, 0.1) is 0 Å². The van der Waals surface area contributed by atoms with E-state index < -0.39 is 0 Å². The Labute approximate surface area is 163 Å². The van der Waals surface area contributed by atoms with E-state index in [4.69, 9.17) is 0 Å². The minimum Gasteiger partial charge on any atom is -0.361 e. The van der Waals surface area contributed by atoms with Gasteiger partial charge in [-0.05, 0) is 55.0 Å². The number of carbonyl (C=O) groups is 2. The van der Waals surface area contributed by atoms with Crippen LogP contribution in [0.2, 0.25) is 0 Å². The Morgan fingerprint density at radius 2 is 1.86 bits per heavy atom. The van der Waals surface area contributed by atoms with Gasteiger partial charge in [-0.15, -0.1) is 0 Å². The smallest absolute Gasteiger partial charge is 0.321 e. The second-order valence-corrected chi connectivity index (χ2v) is 7.26. The molecule has 3 aromatic rings. The number of anilines is 1. The Morgan fingerprint density at radius 3 is 2.64 bits per heavy atom. The summed E-state index contributed by atoms with van der Waals surface area (Å²) in [6.07, 6.45) is 3.38. The van der Waals surface area contributed by atoms with Gasteiger partial charge < -0.3 is 20.5 Å². The van der Waals surface area contributed by atoms with E-state index in [0.717, 1.165) is 35.0 Å². The van der Waals surface area contributed by atoms with Gasteiger partial charge in [0.1, 0.15) is 0 Å². The normalized spacial score (nSPS) is 14.8. The number of hydrogen-bond donors (Lipinski definition) is 3. The third kappa shape index (κ3) is 3.86. The maximum atomic E-state index is 12.6. The van der Waals surface area contributed by atoms with Crippen LogP contribution in [0.4, 0.5) is 10.5 Å². The number of amides is 3. The molecule has 1 aliphatic heterocycles. The lowest BCUT2D eigenvalue weighted by Crippen LogP contribution is -2.47. The van der Waals surface area contributed by atoms with Crippen molar-refractivity contribution < 1.29 is 9.59 Å². The molecular weight excluding hydrogens is 352 g/mol. The Morgan fingerprint density at radius 1 is 1.07 bits per heavy atom. The molecule has 4 rings (SSSR count). The summed E-state index contributed by atoms with van der Waals surface area (Å²) in [6, 6.07) is 15.4. The zero-order chi connectivity index (χ0) is 19.5. The zero-order valence-electron chi connectivity index (χ0n) is 15.9. The molecule has 3 N–H and O–H groups in total. The second-order valence-electron chi connectivity index (χ2n) is 7.26. The van der Waals surface area contributed by atoms with E-state index in [0.29, 0.717) is 18.7 Å². The van der Waals surface area contributed by atoms with Crippen molar-refractivity contribution in [2.45, 2.75) is 25.8 Å². The van der Waals surface area contributed by atoms with Crippen molar-refractivity contribution in [2.24, 2.45) is 0 Å². The fourth-order valence-electron chi connectivity index (χ4n) is 3.65. The van der Waals surface area contributed by atoms with Gasteiger partial charge in [-0.25, -0.2) is 4.79 Å². The molecule has 1 fully saturated rings. The molecule has 0 atom stereocenters. The summed E-state index contributed by atoms with van der Waals surface area (Å²) < 4.78 is 0. The number of H-pyrrole nitrogens is 1. The highest BCUT2D eigenvalue weighted by Crippen LogP contribution is 2.19. The van der Waals surface area contributed by atoms with E-state index >= 15 is 0 Å². The lowest BCUT2D eigenvalue weighted by atomic mass is 10.0. The lowest BCUT2D eigenvalue weighted by molar-refractivity contribution is 0.0918. The number of aromatic nitrogens is 1. The molecule has 0 radical (unpaired) electrons. The van der Waals surface area contributed by atoms with Crippen LogP contribution in [-0.2, 0) is 0 Å². The highest BCUT2D eigenvalue weighted by Gasteiger charge is 2.24. The summed E-state index contributed by atoms with van der Waals surface area (Å²) in [5, 5.41) is 7.18. The fraction of sp³-hybridized carbons (Fsp3) is 0.273. The topological polar surface area (TPSA) is 77.2 Å². The molecule has 0 spiro atoms. The van der Waals surface area contributed by atoms with Crippen LogP contribution in [0.3, 0.4) is 0 Å². The first-order valence-corrected chi connectivity index (χ1v) is 9.60. The molecule has 1 aromatic heterocycles. The molecule has 0 saturated carbocycles. The number of fused-ring (bicyclic) bond motifs is 1. The molecule has 2 heterocycles. The van der Waals surface area contributed by atoms with Crippen LogP contribution >= 0.6 is 0 Å². The standard InChI is InChI=1S/C22H24N4O2/c1-15-4-2-3-5-19(15)21(27)24-17-9-12-26(13-10-17)22(28)25-18-7-6-16-8-11-23-20(16)14-18/h2-8,11,14,17,23H,9-10,12-13H2,1H3,(H,24,27)(H,25,28). The first-order valence-electron chi connectivity index (χ1n) is 9.60. The quantitative estimate of drug-likeness (QED) is 0.648. The molecule has 3 amide bonds. The third-order valence-electron chi connectivity index (χ3n) is 5.31. The summed E-state index contributed by atoms with van der Waals surface area (Å²) >= 11 is 0. The molecular formula is C22H24N4O2. The highest BCUT2D eigenvalue weighted by atomic mass is 16.2. The van der Waals surface area contributed by atoms with E-state index in [1.54, 1.807) is 4.90 Å². The number of carbonyl (C=O) groups excluding carboxylic acids is 2. The van der Waals surface area contributed by atoms with E-state index in [1.807, 2.05) is 61.7 Å². The van der Waals surface area contributed by atoms with Gasteiger partial charge >= 0.3 is 6.03 Å². The predicted molar refractivity (Wildman–Crippen MR) is 111 cm³/mol. The van der Waals surface area contributed by atoms with Crippen LogP contribution < -0.4 is 10.6 Å². The molecule has 6 nitrogen and oxygen atoms in total. The van der Waals surface area contributed by atoms with Crippen LogP contribution in [0, 0.1) is 6.92 Å². The Bertz CT molecular complexity index is 1000. The van der Waals surface area contributed by atoms with E-state index in [-0.39, 0.29) is 18.0 Å². The molecule has 0 aliphatic carbocycles. The monoisotopic (exact) mass is 376 g/mol. The molecule has 1 aliphatic rings. The molecule has 2 aromatic carbocycles. The van der Waals surface area contributed by atoms with Crippen molar-refractivity contribution in [2.75, 3.05) is 18.4 Å². The number of urea groups is 1. The molecule has 144 valence electrons. The van der Waals surface area contributed by atoms with Gasteiger partial charge in [0, 0.05) is 42.1 Å². The van der Waals surface area contributed by atoms with Gasteiger partial charge in [-0.2, -0.15) is 0 Å². The van der Waals surface area contributed by atoms with Crippen molar-refractivity contribution in [1.82, 2.24) is 15.2 Å². The Balaban J connectivity index is 1.30. The first kappa shape index (κ1) is 18.1. The number of benzene rings is 2. The van der Waals surface area contributed by atoms with E-state index in [2.05, 4.69) is 15.6 Å². The largest absolute Gasteiger partial charge is 0.361 e. The minimum atomic E-state index is -0.102.